The number of anilines is 1. The van der Waals surface area contributed by atoms with E-state index in [4.69, 9.17) is 9.84 Å². The molecule has 1 aromatic carbocycles. The fourth-order valence-corrected chi connectivity index (χ4v) is 4.72. The van der Waals surface area contributed by atoms with E-state index < -0.39 is 11.9 Å². The summed E-state index contributed by atoms with van der Waals surface area (Å²) in [5.41, 5.74) is 4.43. The first-order valence-corrected chi connectivity index (χ1v) is 13.0. The number of rotatable bonds is 8. The van der Waals surface area contributed by atoms with Crippen molar-refractivity contribution in [3.63, 3.8) is 0 Å². The lowest BCUT2D eigenvalue weighted by Gasteiger charge is -2.14. The highest BCUT2D eigenvalue weighted by molar-refractivity contribution is 5.77. The molecule has 0 amide bonds. The van der Waals surface area contributed by atoms with Crippen molar-refractivity contribution >= 4 is 11.3 Å². The van der Waals surface area contributed by atoms with Crippen molar-refractivity contribution in [2.75, 3.05) is 12.4 Å². The van der Waals surface area contributed by atoms with Crippen molar-refractivity contribution in [1.29, 1.82) is 0 Å². The average molecular weight is 549 g/mol. The molecule has 1 aliphatic carbocycles. The van der Waals surface area contributed by atoms with E-state index in [9.17, 15) is 13.2 Å². The predicted molar refractivity (Wildman–Crippen MR) is 143 cm³/mol. The Kier molecular flexibility index (Phi) is 6.40. The summed E-state index contributed by atoms with van der Waals surface area (Å²) < 4.78 is 48.7. The molecule has 0 radical (unpaired) electrons. The molecule has 1 aliphatic rings. The monoisotopic (exact) mass is 548 g/mol. The topological polar surface area (TPSA) is 95.1 Å². The van der Waals surface area contributed by atoms with Crippen LogP contribution in [0.25, 0.3) is 28.3 Å². The molecule has 206 valence electrons. The van der Waals surface area contributed by atoms with Gasteiger partial charge < -0.3 is 14.6 Å². The van der Waals surface area contributed by atoms with Crippen molar-refractivity contribution in [2.45, 2.75) is 51.4 Å². The first-order chi connectivity index (χ1) is 19.2. The molecule has 0 unspecified atom stereocenters. The van der Waals surface area contributed by atoms with Crippen LogP contribution >= 0.6 is 0 Å². The lowest BCUT2D eigenvalue weighted by atomic mass is 10.1. The first-order valence-electron chi connectivity index (χ1n) is 13.0. The number of ether oxygens (including phenoxy) is 1. The molecule has 0 atom stereocenters. The van der Waals surface area contributed by atoms with Gasteiger partial charge in [0, 0.05) is 42.7 Å². The van der Waals surface area contributed by atoms with Crippen LogP contribution in [0.4, 0.5) is 18.9 Å². The highest BCUT2D eigenvalue weighted by Crippen LogP contribution is 2.45. The predicted octanol–water partition coefficient (Wildman–Crippen LogP) is 6.15. The van der Waals surface area contributed by atoms with Gasteiger partial charge in [0.2, 0.25) is 5.88 Å². The molecule has 0 spiro atoms. The second-order valence-electron chi connectivity index (χ2n) is 10.1. The number of imidazole rings is 2. The molecule has 0 saturated heterocycles. The molecule has 0 bridgehead atoms. The number of nitrogens with zero attached hydrogens (tertiary/aromatic N) is 7. The van der Waals surface area contributed by atoms with Crippen molar-refractivity contribution in [2.24, 2.45) is 0 Å². The fraction of sp³-hybridized carbons (Fsp3) is 0.321. The first kappa shape index (κ1) is 25.8. The summed E-state index contributed by atoms with van der Waals surface area (Å²) in [5, 5.41) is 8.19. The minimum Gasteiger partial charge on any atom is -0.480 e. The van der Waals surface area contributed by atoms with Crippen LogP contribution in [0, 0.1) is 0 Å². The number of benzene rings is 1. The Labute approximate surface area is 228 Å². The number of alkyl halides is 3. The molecule has 12 heteroatoms. The highest BCUT2D eigenvalue weighted by Gasteiger charge is 2.35. The molecule has 40 heavy (non-hydrogen) atoms. The van der Waals surface area contributed by atoms with E-state index in [1.54, 1.807) is 40.7 Å². The zero-order chi connectivity index (χ0) is 28.0. The van der Waals surface area contributed by atoms with Gasteiger partial charge in [-0.1, -0.05) is 24.3 Å². The van der Waals surface area contributed by atoms with E-state index in [2.05, 4.69) is 25.3 Å². The normalized spacial score (nSPS) is 13.8. The second-order valence-corrected chi connectivity index (χ2v) is 10.1. The van der Waals surface area contributed by atoms with E-state index in [-0.39, 0.29) is 11.9 Å². The highest BCUT2D eigenvalue weighted by atomic mass is 19.4. The smallest absolute Gasteiger partial charge is 0.434 e. The Morgan fingerprint density at radius 3 is 2.55 bits per heavy atom. The summed E-state index contributed by atoms with van der Waals surface area (Å²) >= 11 is 0. The summed E-state index contributed by atoms with van der Waals surface area (Å²) in [7, 11) is 1.58. The number of halogens is 3. The molecule has 1 saturated carbocycles. The summed E-state index contributed by atoms with van der Waals surface area (Å²) in [6.45, 7) is 4.11. The van der Waals surface area contributed by atoms with Crippen LogP contribution in [0.1, 0.15) is 55.6 Å². The maximum absolute atomic E-state index is 13.3. The van der Waals surface area contributed by atoms with E-state index in [1.807, 2.05) is 32.0 Å². The quantitative estimate of drug-likeness (QED) is 0.249. The molecule has 5 aromatic rings. The molecule has 9 nitrogen and oxygen atoms in total. The summed E-state index contributed by atoms with van der Waals surface area (Å²) in [4.78, 5) is 17.2. The Morgan fingerprint density at radius 2 is 1.88 bits per heavy atom. The number of aromatic nitrogens is 7. The molecule has 1 fully saturated rings. The number of hydrogen-bond donors (Lipinski definition) is 1. The van der Waals surface area contributed by atoms with Crippen LogP contribution in [0.5, 0.6) is 5.88 Å². The third-order valence-electron chi connectivity index (χ3n) is 6.89. The SMILES string of the molecule is COc1ncnc(C2CC2)c1-c1cc(NCc2ccc(-c3nc(C(F)(F)F)cn3C(C)C)cc2)c2nccn2n1. The molecule has 0 aliphatic heterocycles. The third kappa shape index (κ3) is 4.85. The Morgan fingerprint density at radius 1 is 1.10 bits per heavy atom. The average Bonchev–Trinajstić information content (AvgIpc) is 3.48. The lowest BCUT2D eigenvalue weighted by molar-refractivity contribution is -0.140. The molecule has 1 N–H and O–H groups in total. The van der Waals surface area contributed by atoms with Crippen LogP contribution in [-0.2, 0) is 12.7 Å². The van der Waals surface area contributed by atoms with Gasteiger partial charge in [-0.2, -0.15) is 18.3 Å². The maximum atomic E-state index is 13.3. The van der Waals surface area contributed by atoms with Gasteiger partial charge in [-0.15, -0.1) is 0 Å². The van der Waals surface area contributed by atoms with Crippen molar-refractivity contribution in [1.82, 2.24) is 34.1 Å². The van der Waals surface area contributed by atoms with E-state index in [0.29, 0.717) is 35.2 Å². The van der Waals surface area contributed by atoms with Gasteiger partial charge in [0.15, 0.2) is 11.3 Å². The van der Waals surface area contributed by atoms with Crippen molar-refractivity contribution in [3.05, 3.63) is 72.2 Å². The van der Waals surface area contributed by atoms with Crippen LogP contribution in [-0.4, -0.2) is 41.2 Å². The Balaban J connectivity index is 1.29. The number of nitrogens with one attached hydrogen (secondary N) is 1. The van der Waals surface area contributed by atoms with Crippen LogP contribution in [0.2, 0.25) is 0 Å². The standard InChI is InChI=1S/C28H27F3N8O/c1-16(2)38-14-22(28(29,30)31)36-25(38)19-6-4-17(5-7-19)13-33-21-12-20(37-39-11-10-32-26(21)39)23-24(18-8-9-18)34-15-35-27(23)40-3/h4-7,10-12,14-16,18,33H,8-9,13H2,1-3H3. The van der Waals surface area contributed by atoms with Gasteiger partial charge in [0.25, 0.3) is 0 Å². The van der Waals surface area contributed by atoms with Crippen LogP contribution in [0.3, 0.4) is 0 Å². The number of hydrogen-bond acceptors (Lipinski definition) is 7. The number of fused-ring (bicyclic) bond motifs is 1. The molecular weight excluding hydrogens is 521 g/mol. The van der Waals surface area contributed by atoms with Gasteiger partial charge in [-0.25, -0.2) is 24.5 Å². The van der Waals surface area contributed by atoms with Crippen LogP contribution in [0.15, 0.2) is 55.2 Å². The van der Waals surface area contributed by atoms with Gasteiger partial charge in [0.1, 0.15) is 17.8 Å². The molecular formula is C28H27F3N8O. The largest absolute Gasteiger partial charge is 0.480 e. The molecule has 4 aromatic heterocycles. The van der Waals surface area contributed by atoms with Gasteiger partial charge in [-0.3, -0.25) is 0 Å². The minimum atomic E-state index is -4.50. The molecule has 6 rings (SSSR count). The zero-order valence-corrected chi connectivity index (χ0v) is 22.1. The van der Waals surface area contributed by atoms with E-state index >= 15 is 0 Å². The van der Waals surface area contributed by atoms with Crippen LogP contribution < -0.4 is 10.1 Å². The van der Waals surface area contributed by atoms with E-state index in [0.717, 1.165) is 41.5 Å². The third-order valence-corrected chi connectivity index (χ3v) is 6.89. The Hall–Kier alpha value is -4.48. The van der Waals surface area contributed by atoms with Gasteiger partial charge in [-0.05, 0) is 38.3 Å². The number of methoxy groups -OCH3 is 1. The minimum absolute atomic E-state index is 0.174. The Bertz CT molecular complexity index is 1670. The zero-order valence-electron chi connectivity index (χ0n) is 22.1. The summed E-state index contributed by atoms with van der Waals surface area (Å²) in [6.07, 6.45) is 3.67. The fourth-order valence-electron chi connectivity index (χ4n) is 4.72. The van der Waals surface area contributed by atoms with E-state index in [1.165, 1.54) is 6.33 Å². The summed E-state index contributed by atoms with van der Waals surface area (Å²) in [6, 6.07) is 9.07. The molecule has 4 heterocycles. The maximum Gasteiger partial charge on any atom is 0.434 e. The summed E-state index contributed by atoms with van der Waals surface area (Å²) in [5.74, 6) is 1.12. The second kappa shape index (κ2) is 9.92. The van der Waals surface area contributed by atoms with Crippen molar-refractivity contribution < 1.29 is 17.9 Å². The van der Waals surface area contributed by atoms with Gasteiger partial charge >= 0.3 is 6.18 Å². The lowest BCUT2D eigenvalue weighted by Crippen LogP contribution is -2.06. The van der Waals surface area contributed by atoms with Crippen molar-refractivity contribution in [3.8, 4) is 28.5 Å². The van der Waals surface area contributed by atoms with Gasteiger partial charge in [0.05, 0.1) is 24.1 Å².